The Morgan fingerprint density at radius 2 is 1.93 bits per heavy atom. The van der Waals surface area contributed by atoms with Gasteiger partial charge in [0, 0.05) is 19.6 Å². The molecule has 0 saturated carbocycles. The third-order valence-corrected chi connectivity index (χ3v) is 6.12. The highest BCUT2D eigenvalue weighted by Crippen LogP contribution is 2.30. The van der Waals surface area contributed by atoms with E-state index in [2.05, 4.69) is 4.72 Å². The van der Waals surface area contributed by atoms with Crippen LogP contribution in [0.25, 0.3) is 0 Å². The SMILES string of the molecule is O=C(c1ccoc1)N1CCC(CNS(=O)(=O)c2cccc(C(F)(F)F)c2)CC1. The van der Waals surface area contributed by atoms with Crippen LogP contribution in [0.2, 0.25) is 0 Å². The predicted octanol–water partition coefficient (Wildman–Crippen LogP) is 3.13. The second-order valence-electron chi connectivity index (χ2n) is 6.63. The van der Waals surface area contributed by atoms with Gasteiger partial charge >= 0.3 is 6.18 Å². The summed E-state index contributed by atoms with van der Waals surface area (Å²) in [5.74, 6) is -0.147. The van der Waals surface area contributed by atoms with Crippen LogP contribution >= 0.6 is 0 Å². The van der Waals surface area contributed by atoms with Gasteiger partial charge in [0.1, 0.15) is 6.26 Å². The van der Waals surface area contributed by atoms with Gasteiger partial charge in [-0.05, 0) is 43.0 Å². The first-order chi connectivity index (χ1) is 13.2. The number of nitrogens with zero attached hydrogens (tertiary/aromatic N) is 1. The predicted molar refractivity (Wildman–Crippen MR) is 94.0 cm³/mol. The standard InChI is InChI=1S/C18H19F3N2O4S/c19-18(20,21)15-2-1-3-16(10-15)28(25,26)22-11-13-4-7-23(8-5-13)17(24)14-6-9-27-12-14/h1-3,6,9-10,12-13,22H,4-5,7-8,11H2. The van der Waals surface area contributed by atoms with E-state index in [4.69, 9.17) is 4.42 Å². The van der Waals surface area contributed by atoms with Crippen molar-refractivity contribution in [1.29, 1.82) is 0 Å². The lowest BCUT2D eigenvalue weighted by atomic mass is 9.97. The summed E-state index contributed by atoms with van der Waals surface area (Å²) in [6.07, 6.45) is -0.635. The molecule has 1 aliphatic heterocycles. The van der Waals surface area contributed by atoms with Crippen LogP contribution in [0.1, 0.15) is 28.8 Å². The van der Waals surface area contributed by atoms with Crippen LogP contribution in [0.15, 0.2) is 52.2 Å². The van der Waals surface area contributed by atoms with E-state index in [-0.39, 0.29) is 18.4 Å². The number of amides is 1. The molecular formula is C18H19F3N2O4S. The third-order valence-electron chi connectivity index (χ3n) is 4.70. The molecule has 28 heavy (non-hydrogen) atoms. The second kappa shape index (κ2) is 7.96. The van der Waals surface area contributed by atoms with E-state index < -0.39 is 26.7 Å². The highest BCUT2D eigenvalue weighted by Gasteiger charge is 2.32. The fraction of sp³-hybridized carbons (Fsp3) is 0.389. The molecule has 2 heterocycles. The average Bonchev–Trinajstić information content (AvgIpc) is 3.20. The summed E-state index contributed by atoms with van der Waals surface area (Å²) < 4.78 is 70.3. The Labute approximate surface area is 160 Å². The molecule has 1 amide bonds. The van der Waals surface area contributed by atoms with Crippen molar-refractivity contribution in [3.8, 4) is 0 Å². The smallest absolute Gasteiger partial charge is 0.416 e. The van der Waals surface area contributed by atoms with Crippen molar-refractivity contribution < 1.29 is 30.8 Å². The van der Waals surface area contributed by atoms with Gasteiger partial charge in [0.05, 0.1) is 22.3 Å². The number of piperidine rings is 1. The summed E-state index contributed by atoms with van der Waals surface area (Å²) in [5, 5.41) is 0. The van der Waals surface area contributed by atoms with Crippen LogP contribution in [0.4, 0.5) is 13.2 Å². The number of rotatable bonds is 5. The molecule has 3 rings (SSSR count). The van der Waals surface area contributed by atoms with Gasteiger partial charge in [0.25, 0.3) is 5.91 Å². The van der Waals surface area contributed by atoms with Crippen molar-refractivity contribution >= 4 is 15.9 Å². The Balaban J connectivity index is 1.55. The van der Waals surface area contributed by atoms with E-state index in [0.29, 0.717) is 37.6 Å². The number of nitrogens with one attached hydrogen (secondary N) is 1. The fourth-order valence-electron chi connectivity index (χ4n) is 3.06. The second-order valence-corrected chi connectivity index (χ2v) is 8.39. The minimum atomic E-state index is -4.61. The first-order valence-corrected chi connectivity index (χ1v) is 10.1. The number of halogens is 3. The van der Waals surface area contributed by atoms with Crippen molar-refractivity contribution in [3.63, 3.8) is 0 Å². The summed E-state index contributed by atoms with van der Waals surface area (Å²) in [5.41, 5.74) is -0.551. The number of benzene rings is 1. The first kappa shape index (κ1) is 20.4. The Morgan fingerprint density at radius 1 is 1.21 bits per heavy atom. The molecule has 1 N–H and O–H groups in total. The number of carbonyl (C=O) groups is 1. The molecule has 1 fully saturated rings. The van der Waals surface area contributed by atoms with Crippen molar-refractivity contribution in [2.45, 2.75) is 23.9 Å². The minimum absolute atomic E-state index is 0.00558. The van der Waals surface area contributed by atoms with E-state index in [9.17, 15) is 26.4 Å². The molecule has 0 bridgehead atoms. The van der Waals surface area contributed by atoms with Gasteiger partial charge in [0.15, 0.2) is 0 Å². The maximum atomic E-state index is 12.8. The highest BCUT2D eigenvalue weighted by molar-refractivity contribution is 7.89. The Kier molecular flexibility index (Phi) is 5.80. The quantitative estimate of drug-likeness (QED) is 0.812. The number of hydrogen-bond acceptors (Lipinski definition) is 4. The number of carbonyl (C=O) groups excluding carboxylic acids is 1. The zero-order chi connectivity index (χ0) is 20.4. The van der Waals surface area contributed by atoms with Crippen molar-refractivity contribution in [1.82, 2.24) is 9.62 Å². The van der Waals surface area contributed by atoms with Crippen molar-refractivity contribution in [3.05, 3.63) is 54.0 Å². The van der Waals surface area contributed by atoms with Gasteiger partial charge in [0.2, 0.25) is 10.0 Å². The monoisotopic (exact) mass is 416 g/mol. The maximum absolute atomic E-state index is 12.8. The topological polar surface area (TPSA) is 79.6 Å². The molecule has 1 saturated heterocycles. The fourth-order valence-corrected chi connectivity index (χ4v) is 4.22. The molecule has 2 aromatic rings. The lowest BCUT2D eigenvalue weighted by Gasteiger charge is -2.31. The van der Waals surface area contributed by atoms with Crippen molar-refractivity contribution in [2.24, 2.45) is 5.92 Å². The van der Waals surface area contributed by atoms with Gasteiger partial charge in [-0.3, -0.25) is 4.79 Å². The highest BCUT2D eigenvalue weighted by atomic mass is 32.2. The lowest BCUT2D eigenvalue weighted by molar-refractivity contribution is -0.137. The molecular weight excluding hydrogens is 397 g/mol. The third kappa shape index (κ3) is 4.74. The van der Waals surface area contributed by atoms with E-state index in [1.165, 1.54) is 12.5 Å². The number of sulfonamides is 1. The van der Waals surface area contributed by atoms with Crippen LogP contribution in [-0.4, -0.2) is 38.9 Å². The van der Waals surface area contributed by atoms with E-state index in [1.54, 1.807) is 11.0 Å². The molecule has 10 heteroatoms. The summed E-state index contributed by atoms with van der Waals surface area (Å²) in [6, 6.07) is 5.22. The summed E-state index contributed by atoms with van der Waals surface area (Å²) in [4.78, 5) is 13.5. The average molecular weight is 416 g/mol. The maximum Gasteiger partial charge on any atom is 0.416 e. The molecule has 0 unspecified atom stereocenters. The van der Waals surface area contributed by atoms with Crippen LogP contribution in [0, 0.1) is 5.92 Å². The van der Waals surface area contributed by atoms with E-state index >= 15 is 0 Å². The largest absolute Gasteiger partial charge is 0.472 e. The van der Waals surface area contributed by atoms with Crippen LogP contribution in [-0.2, 0) is 16.2 Å². The Hall–Kier alpha value is -2.33. The van der Waals surface area contributed by atoms with Gasteiger partial charge in [-0.15, -0.1) is 0 Å². The lowest BCUT2D eigenvalue weighted by Crippen LogP contribution is -2.41. The minimum Gasteiger partial charge on any atom is -0.472 e. The summed E-state index contributed by atoms with van der Waals surface area (Å²) >= 11 is 0. The number of furan rings is 1. The molecule has 1 aromatic heterocycles. The molecule has 1 aromatic carbocycles. The number of alkyl halides is 3. The summed E-state index contributed by atoms with van der Waals surface area (Å²) in [7, 11) is -4.05. The molecule has 0 aliphatic carbocycles. The molecule has 6 nitrogen and oxygen atoms in total. The van der Waals surface area contributed by atoms with Gasteiger partial charge in [-0.25, -0.2) is 13.1 Å². The van der Waals surface area contributed by atoms with E-state index in [0.717, 1.165) is 18.2 Å². The van der Waals surface area contributed by atoms with Crippen LogP contribution < -0.4 is 4.72 Å². The summed E-state index contributed by atoms with van der Waals surface area (Å²) in [6.45, 7) is 1.05. The van der Waals surface area contributed by atoms with Crippen LogP contribution in [0.3, 0.4) is 0 Å². The molecule has 152 valence electrons. The zero-order valence-electron chi connectivity index (χ0n) is 14.8. The number of hydrogen-bond donors (Lipinski definition) is 1. The normalized spacial score (nSPS) is 16.3. The Bertz CT molecular complexity index is 919. The van der Waals surface area contributed by atoms with Crippen molar-refractivity contribution in [2.75, 3.05) is 19.6 Å². The molecule has 0 radical (unpaired) electrons. The van der Waals surface area contributed by atoms with Gasteiger partial charge in [-0.1, -0.05) is 6.07 Å². The Morgan fingerprint density at radius 3 is 2.54 bits per heavy atom. The van der Waals surface area contributed by atoms with Gasteiger partial charge in [-0.2, -0.15) is 13.2 Å². The van der Waals surface area contributed by atoms with Crippen LogP contribution in [0.5, 0.6) is 0 Å². The molecule has 0 atom stereocenters. The van der Waals surface area contributed by atoms with E-state index in [1.807, 2.05) is 0 Å². The number of likely N-dealkylation sites (tertiary alicyclic amines) is 1. The zero-order valence-corrected chi connectivity index (χ0v) is 15.6. The molecule has 1 aliphatic rings. The van der Waals surface area contributed by atoms with Gasteiger partial charge < -0.3 is 9.32 Å². The first-order valence-electron chi connectivity index (χ1n) is 8.65. The molecule has 0 spiro atoms.